The number of nitrogen functional groups attached to an aromatic ring is 1. The van der Waals surface area contributed by atoms with Crippen LogP contribution in [0.3, 0.4) is 0 Å². The molecule has 2 aromatic rings. The first-order chi connectivity index (χ1) is 8.56. The number of nitrogens with zero attached hydrogens (tertiary/aromatic N) is 1. The van der Waals surface area contributed by atoms with Crippen molar-refractivity contribution in [1.29, 1.82) is 0 Å². The van der Waals surface area contributed by atoms with Crippen molar-refractivity contribution in [3.63, 3.8) is 0 Å². The molecule has 18 heavy (non-hydrogen) atoms. The minimum Gasteiger partial charge on any atom is -0.460 e. The van der Waals surface area contributed by atoms with Crippen LogP contribution in [0.25, 0.3) is 11.0 Å². The van der Waals surface area contributed by atoms with Gasteiger partial charge in [-0.2, -0.15) is 0 Å². The van der Waals surface area contributed by atoms with Crippen LogP contribution in [0.4, 0.5) is 11.4 Å². The summed E-state index contributed by atoms with van der Waals surface area (Å²) in [5, 5.41) is 11.0. The van der Waals surface area contributed by atoms with E-state index in [1.807, 2.05) is 0 Å². The van der Waals surface area contributed by atoms with Crippen molar-refractivity contribution in [2.75, 3.05) is 12.3 Å². The first kappa shape index (κ1) is 11.9. The van der Waals surface area contributed by atoms with Crippen LogP contribution < -0.4 is 5.73 Å². The lowest BCUT2D eigenvalue weighted by molar-refractivity contribution is -0.383. The van der Waals surface area contributed by atoms with Crippen LogP contribution in [0, 0.1) is 10.1 Å². The highest BCUT2D eigenvalue weighted by molar-refractivity contribution is 6.06. The molecule has 7 nitrogen and oxygen atoms in total. The fourth-order valence-electron chi connectivity index (χ4n) is 1.65. The van der Waals surface area contributed by atoms with Gasteiger partial charge in [0.2, 0.25) is 5.76 Å². The van der Waals surface area contributed by atoms with Gasteiger partial charge in [0.05, 0.1) is 11.5 Å². The van der Waals surface area contributed by atoms with Gasteiger partial charge >= 0.3 is 5.97 Å². The fraction of sp³-hybridized carbons (Fsp3) is 0.182. The number of nitrogens with two attached hydrogens (primary N) is 1. The van der Waals surface area contributed by atoms with Crippen LogP contribution in [0.1, 0.15) is 17.5 Å². The Morgan fingerprint density at radius 2 is 2.28 bits per heavy atom. The Kier molecular flexibility index (Phi) is 2.88. The van der Waals surface area contributed by atoms with Crippen molar-refractivity contribution in [1.82, 2.24) is 0 Å². The standard InChI is InChI=1S/C11H10N2O5/c1-2-17-11(14)10-9(12)8-6(13(15)16)4-3-5-7(8)18-10/h3-5H,2,12H2,1H3. The Labute approximate surface area is 101 Å². The lowest BCUT2D eigenvalue weighted by Gasteiger charge is -1.98. The number of anilines is 1. The molecule has 0 amide bonds. The number of nitro groups is 1. The third kappa shape index (κ3) is 1.75. The van der Waals surface area contributed by atoms with E-state index in [1.165, 1.54) is 18.2 Å². The number of hydrogen-bond acceptors (Lipinski definition) is 6. The average Bonchev–Trinajstić information content (AvgIpc) is 2.67. The molecule has 94 valence electrons. The van der Waals surface area contributed by atoms with Gasteiger partial charge in [0.25, 0.3) is 5.69 Å². The Morgan fingerprint density at radius 1 is 1.56 bits per heavy atom. The van der Waals surface area contributed by atoms with E-state index in [0.29, 0.717) is 0 Å². The topological polar surface area (TPSA) is 109 Å². The molecule has 0 unspecified atom stereocenters. The van der Waals surface area contributed by atoms with E-state index in [2.05, 4.69) is 0 Å². The molecule has 0 spiro atoms. The third-order valence-electron chi connectivity index (χ3n) is 2.39. The van der Waals surface area contributed by atoms with Crippen molar-refractivity contribution in [2.45, 2.75) is 6.92 Å². The summed E-state index contributed by atoms with van der Waals surface area (Å²) in [4.78, 5) is 21.8. The van der Waals surface area contributed by atoms with Crippen LogP contribution in [0.5, 0.6) is 0 Å². The maximum atomic E-state index is 11.6. The lowest BCUT2D eigenvalue weighted by Crippen LogP contribution is -2.05. The molecule has 1 aromatic carbocycles. The van der Waals surface area contributed by atoms with E-state index in [9.17, 15) is 14.9 Å². The van der Waals surface area contributed by atoms with Crippen LogP contribution in [0.2, 0.25) is 0 Å². The molecule has 0 saturated carbocycles. The SMILES string of the molecule is CCOC(=O)c1oc2cccc([N+](=O)[O-])c2c1N. The summed E-state index contributed by atoms with van der Waals surface area (Å²) >= 11 is 0. The maximum absolute atomic E-state index is 11.6. The Balaban J connectivity index is 2.67. The van der Waals surface area contributed by atoms with Crippen molar-refractivity contribution in [3.8, 4) is 0 Å². The van der Waals surface area contributed by atoms with Crippen molar-refractivity contribution in [3.05, 3.63) is 34.1 Å². The average molecular weight is 250 g/mol. The molecule has 1 aromatic heterocycles. The number of furan rings is 1. The van der Waals surface area contributed by atoms with Gasteiger partial charge in [-0.1, -0.05) is 6.07 Å². The van der Waals surface area contributed by atoms with E-state index in [4.69, 9.17) is 14.9 Å². The van der Waals surface area contributed by atoms with E-state index in [1.54, 1.807) is 6.92 Å². The number of fused-ring (bicyclic) bond motifs is 1. The van der Waals surface area contributed by atoms with Gasteiger partial charge in [-0.15, -0.1) is 0 Å². The molecule has 0 saturated heterocycles. The third-order valence-corrected chi connectivity index (χ3v) is 2.39. The number of rotatable bonds is 3. The first-order valence-electron chi connectivity index (χ1n) is 5.18. The highest BCUT2D eigenvalue weighted by Gasteiger charge is 2.25. The number of non-ortho nitro benzene ring substituents is 1. The molecule has 0 atom stereocenters. The Bertz CT molecular complexity index is 632. The molecular weight excluding hydrogens is 240 g/mol. The van der Waals surface area contributed by atoms with Gasteiger partial charge in [-0.3, -0.25) is 10.1 Å². The first-order valence-corrected chi connectivity index (χ1v) is 5.18. The monoisotopic (exact) mass is 250 g/mol. The van der Waals surface area contributed by atoms with Crippen molar-refractivity contribution < 1.29 is 18.9 Å². The number of hydrogen-bond donors (Lipinski definition) is 1. The molecule has 0 fully saturated rings. The van der Waals surface area contributed by atoms with Crippen LogP contribution in [0.15, 0.2) is 22.6 Å². The predicted octanol–water partition coefficient (Wildman–Crippen LogP) is 2.10. The zero-order chi connectivity index (χ0) is 13.3. The van der Waals surface area contributed by atoms with E-state index in [-0.39, 0.29) is 34.7 Å². The number of ether oxygens (including phenoxy) is 1. The van der Waals surface area contributed by atoms with Gasteiger partial charge in [0.1, 0.15) is 16.7 Å². The molecule has 0 aliphatic rings. The van der Waals surface area contributed by atoms with Crippen molar-refractivity contribution in [2.24, 2.45) is 0 Å². The van der Waals surface area contributed by atoms with Crippen molar-refractivity contribution >= 4 is 28.3 Å². The second-order valence-corrected chi connectivity index (χ2v) is 3.47. The molecule has 0 aliphatic heterocycles. The molecule has 0 aliphatic carbocycles. The lowest BCUT2D eigenvalue weighted by atomic mass is 10.2. The number of carbonyl (C=O) groups is 1. The van der Waals surface area contributed by atoms with Gasteiger partial charge in [-0.05, 0) is 13.0 Å². The Morgan fingerprint density at radius 3 is 2.89 bits per heavy atom. The quantitative estimate of drug-likeness (QED) is 0.507. The van der Waals surface area contributed by atoms with Gasteiger partial charge in [0.15, 0.2) is 0 Å². The molecule has 2 rings (SSSR count). The summed E-state index contributed by atoms with van der Waals surface area (Å²) in [5.74, 6) is -0.943. The van der Waals surface area contributed by atoms with Gasteiger partial charge < -0.3 is 14.9 Å². The molecule has 0 bridgehead atoms. The predicted molar refractivity (Wildman–Crippen MR) is 63.2 cm³/mol. The van der Waals surface area contributed by atoms with Crippen LogP contribution in [-0.4, -0.2) is 17.5 Å². The summed E-state index contributed by atoms with van der Waals surface area (Å²) in [7, 11) is 0. The summed E-state index contributed by atoms with van der Waals surface area (Å²) < 4.78 is 9.96. The number of benzene rings is 1. The molecule has 0 radical (unpaired) electrons. The van der Waals surface area contributed by atoms with Crippen LogP contribution >= 0.6 is 0 Å². The molecular formula is C11H10N2O5. The summed E-state index contributed by atoms with van der Waals surface area (Å²) in [6.07, 6.45) is 0. The van der Waals surface area contributed by atoms with Gasteiger partial charge in [0, 0.05) is 6.07 Å². The van der Waals surface area contributed by atoms with Crippen LogP contribution in [-0.2, 0) is 4.74 Å². The van der Waals surface area contributed by atoms with E-state index >= 15 is 0 Å². The molecule has 7 heteroatoms. The molecule has 1 heterocycles. The van der Waals surface area contributed by atoms with E-state index < -0.39 is 10.9 Å². The zero-order valence-electron chi connectivity index (χ0n) is 9.50. The molecule has 2 N–H and O–H groups in total. The fourth-order valence-corrected chi connectivity index (χ4v) is 1.65. The largest absolute Gasteiger partial charge is 0.460 e. The summed E-state index contributed by atoms with van der Waals surface area (Å²) in [6, 6.07) is 4.25. The smallest absolute Gasteiger partial charge is 0.376 e. The highest BCUT2D eigenvalue weighted by Crippen LogP contribution is 2.35. The number of carbonyl (C=O) groups excluding carboxylic acids is 1. The maximum Gasteiger partial charge on any atom is 0.376 e. The second-order valence-electron chi connectivity index (χ2n) is 3.47. The van der Waals surface area contributed by atoms with Gasteiger partial charge in [-0.25, -0.2) is 4.79 Å². The summed E-state index contributed by atoms with van der Waals surface area (Å²) in [5.41, 5.74) is 5.62. The number of esters is 1. The zero-order valence-corrected chi connectivity index (χ0v) is 9.50. The highest BCUT2D eigenvalue weighted by atomic mass is 16.6. The minimum absolute atomic E-state index is 0.0734. The summed E-state index contributed by atoms with van der Waals surface area (Å²) in [6.45, 7) is 1.80. The second kappa shape index (κ2) is 4.36. The Hall–Kier alpha value is -2.57. The minimum atomic E-state index is -0.736. The van der Waals surface area contributed by atoms with E-state index in [0.717, 1.165) is 0 Å². The normalized spacial score (nSPS) is 10.5. The number of nitro benzene ring substituents is 1.